The summed E-state index contributed by atoms with van der Waals surface area (Å²) in [6, 6.07) is 5.85. The van der Waals surface area contributed by atoms with Gasteiger partial charge in [-0.15, -0.1) is 0 Å². The van der Waals surface area contributed by atoms with E-state index in [0.717, 1.165) is 11.0 Å². The van der Waals surface area contributed by atoms with E-state index in [1.165, 1.54) is 0 Å². The van der Waals surface area contributed by atoms with Crippen LogP contribution in [-0.2, 0) is 11.8 Å². The van der Waals surface area contributed by atoms with E-state index in [-0.39, 0.29) is 0 Å². The molecule has 0 unspecified atom stereocenters. The topological polar surface area (TPSA) is 53.4 Å². The number of aromatic nitrogens is 2. The Morgan fingerprint density at radius 3 is 3.00 bits per heavy atom. The molecule has 0 saturated carbocycles. The SMILES string of the molecule is CCOc1nc2cccc(OC=O)c2n1C. The van der Waals surface area contributed by atoms with Crippen LogP contribution in [0.2, 0.25) is 0 Å². The first-order valence-electron chi connectivity index (χ1n) is 4.96. The van der Waals surface area contributed by atoms with Gasteiger partial charge in [0, 0.05) is 7.05 Å². The van der Waals surface area contributed by atoms with E-state index in [2.05, 4.69) is 4.98 Å². The van der Waals surface area contributed by atoms with E-state index in [1.807, 2.05) is 20.0 Å². The van der Waals surface area contributed by atoms with Gasteiger partial charge in [0.2, 0.25) is 0 Å². The molecule has 0 aliphatic carbocycles. The summed E-state index contributed by atoms with van der Waals surface area (Å²) in [4.78, 5) is 14.7. The molecule has 2 rings (SSSR count). The largest absolute Gasteiger partial charge is 0.465 e. The summed E-state index contributed by atoms with van der Waals surface area (Å²) in [7, 11) is 1.82. The van der Waals surface area contributed by atoms with Crippen LogP contribution in [-0.4, -0.2) is 22.6 Å². The summed E-state index contributed by atoms with van der Waals surface area (Å²) in [5.74, 6) is 0.480. The van der Waals surface area contributed by atoms with Crippen molar-refractivity contribution in [3.05, 3.63) is 18.2 Å². The fourth-order valence-corrected chi connectivity index (χ4v) is 1.62. The van der Waals surface area contributed by atoms with Crippen molar-refractivity contribution < 1.29 is 14.3 Å². The smallest absolute Gasteiger partial charge is 0.298 e. The zero-order chi connectivity index (χ0) is 11.5. The van der Waals surface area contributed by atoms with E-state index >= 15 is 0 Å². The standard InChI is InChI=1S/C11H12N2O3/c1-3-15-11-12-8-5-4-6-9(16-7-14)10(8)13(11)2/h4-7H,3H2,1-2H3. The van der Waals surface area contributed by atoms with Gasteiger partial charge in [0.25, 0.3) is 12.5 Å². The van der Waals surface area contributed by atoms with Gasteiger partial charge < -0.3 is 9.47 Å². The molecule has 5 heteroatoms. The van der Waals surface area contributed by atoms with Crippen molar-refractivity contribution in [3.8, 4) is 11.8 Å². The predicted molar refractivity (Wildman–Crippen MR) is 58.6 cm³/mol. The second kappa shape index (κ2) is 4.22. The molecule has 0 radical (unpaired) electrons. The van der Waals surface area contributed by atoms with Crippen LogP contribution in [0.15, 0.2) is 18.2 Å². The van der Waals surface area contributed by atoms with Crippen LogP contribution in [0.25, 0.3) is 11.0 Å². The molecule has 0 N–H and O–H groups in total. The van der Waals surface area contributed by atoms with Crippen LogP contribution in [0.3, 0.4) is 0 Å². The summed E-state index contributed by atoms with van der Waals surface area (Å²) in [5.41, 5.74) is 1.49. The highest BCUT2D eigenvalue weighted by atomic mass is 16.5. The number of benzene rings is 1. The normalized spacial score (nSPS) is 10.4. The van der Waals surface area contributed by atoms with Gasteiger partial charge in [-0.3, -0.25) is 9.36 Å². The quantitative estimate of drug-likeness (QED) is 0.733. The zero-order valence-electron chi connectivity index (χ0n) is 9.14. The maximum Gasteiger partial charge on any atom is 0.298 e. The van der Waals surface area contributed by atoms with Crippen LogP contribution in [0.1, 0.15) is 6.92 Å². The van der Waals surface area contributed by atoms with Crippen molar-refractivity contribution in [2.75, 3.05) is 6.61 Å². The molecule has 0 amide bonds. The van der Waals surface area contributed by atoms with Gasteiger partial charge in [0.1, 0.15) is 5.52 Å². The lowest BCUT2D eigenvalue weighted by Gasteiger charge is -2.04. The zero-order valence-corrected chi connectivity index (χ0v) is 9.14. The van der Waals surface area contributed by atoms with Crippen LogP contribution < -0.4 is 9.47 Å². The van der Waals surface area contributed by atoms with Crippen LogP contribution in [0.5, 0.6) is 11.8 Å². The molecule has 84 valence electrons. The summed E-state index contributed by atoms with van der Waals surface area (Å²) in [5, 5.41) is 0. The molecule has 0 spiro atoms. The summed E-state index contributed by atoms with van der Waals surface area (Å²) in [6.45, 7) is 2.84. The number of ether oxygens (including phenoxy) is 2. The molecule has 1 heterocycles. The molecule has 0 fully saturated rings. The van der Waals surface area contributed by atoms with Crippen molar-refractivity contribution in [2.45, 2.75) is 6.92 Å². The molecule has 0 saturated heterocycles. The van der Waals surface area contributed by atoms with Gasteiger partial charge >= 0.3 is 0 Å². The van der Waals surface area contributed by atoms with Crippen LogP contribution >= 0.6 is 0 Å². The number of carbonyl (C=O) groups is 1. The third-order valence-corrected chi connectivity index (χ3v) is 2.26. The van der Waals surface area contributed by atoms with Crippen molar-refractivity contribution in [1.29, 1.82) is 0 Å². The van der Waals surface area contributed by atoms with Crippen molar-refractivity contribution in [1.82, 2.24) is 9.55 Å². The summed E-state index contributed by atoms with van der Waals surface area (Å²) >= 11 is 0. The van der Waals surface area contributed by atoms with Crippen molar-refractivity contribution >= 4 is 17.5 Å². The number of hydrogen-bond acceptors (Lipinski definition) is 4. The maximum absolute atomic E-state index is 10.4. The third-order valence-electron chi connectivity index (χ3n) is 2.26. The number of fused-ring (bicyclic) bond motifs is 1. The first kappa shape index (κ1) is 10.5. The van der Waals surface area contributed by atoms with Crippen molar-refractivity contribution in [3.63, 3.8) is 0 Å². The molecule has 1 aromatic carbocycles. The number of rotatable bonds is 4. The van der Waals surface area contributed by atoms with Gasteiger partial charge in [0.15, 0.2) is 5.75 Å². The number of para-hydroxylation sites is 1. The van der Waals surface area contributed by atoms with E-state index in [9.17, 15) is 4.79 Å². The van der Waals surface area contributed by atoms with Gasteiger partial charge in [-0.05, 0) is 19.1 Å². The lowest BCUT2D eigenvalue weighted by molar-refractivity contribution is -0.120. The second-order valence-electron chi connectivity index (χ2n) is 3.22. The Morgan fingerprint density at radius 1 is 1.50 bits per heavy atom. The van der Waals surface area contributed by atoms with Gasteiger partial charge in [-0.25, -0.2) is 0 Å². The van der Waals surface area contributed by atoms with Gasteiger partial charge in [0.05, 0.1) is 12.1 Å². The molecule has 0 atom stereocenters. The van der Waals surface area contributed by atoms with Crippen LogP contribution in [0.4, 0.5) is 0 Å². The highest BCUT2D eigenvalue weighted by Gasteiger charge is 2.12. The monoisotopic (exact) mass is 220 g/mol. The predicted octanol–water partition coefficient (Wildman–Crippen LogP) is 1.51. The molecule has 16 heavy (non-hydrogen) atoms. The molecule has 1 aromatic heterocycles. The van der Waals surface area contributed by atoms with E-state index in [0.29, 0.717) is 24.8 Å². The first-order chi connectivity index (χ1) is 7.77. The lowest BCUT2D eigenvalue weighted by Crippen LogP contribution is -1.99. The number of imidazole rings is 1. The molecule has 0 aliphatic rings. The average Bonchev–Trinajstić information content (AvgIpc) is 2.58. The molecule has 5 nitrogen and oxygen atoms in total. The molecule has 2 aromatic rings. The summed E-state index contributed by atoms with van der Waals surface area (Å²) in [6.07, 6.45) is 0. The Morgan fingerprint density at radius 2 is 2.31 bits per heavy atom. The summed E-state index contributed by atoms with van der Waals surface area (Å²) < 4.78 is 12.0. The minimum atomic E-state index is 0.405. The number of aryl methyl sites for hydroxylation is 1. The Hall–Kier alpha value is -2.04. The van der Waals surface area contributed by atoms with E-state index < -0.39 is 0 Å². The Balaban J connectivity index is 2.61. The highest BCUT2D eigenvalue weighted by Crippen LogP contribution is 2.28. The lowest BCUT2D eigenvalue weighted by atomic mass is 10.3. The van der Waals surface area contributed by atoms with Gasteiger partial charge in [-0.2, -0.15) is 4.98 Å². The van der Waals surface area contributed by atoms with Crippen LogP contribution in [0, 0.1) is 0 Å². The Kier molecular flexibility index (Phi) is 2.76. The number of carbonyl (C=O) groups excluding carboxylic acids is 1. The molecule has 0 aliphatic heterocycles. The second-order valence-corrected chi connectivity index (χ2v) is 3.22. The fraction of sp³-hybridized carbons (Fsp3) is 0.273. The van der Waals surface area contributed by atoms with E-state index in [1.54, 1.807) is 16.7 Å². The molecular weight excluding hydrogens is 208 g/mol. The minimum Gasteiger partial charge on any atom is -0.465 e. The van der Waals surface area contributed by atoms with Crippen molar-refractivity contribution in [2.24, 2.45) is 7.05 Å². The Labute approximate surface area is 92.6 Å². The van der Waals surface area contributed by atoms with E-state index in [4.69, 9.17) is 9.47 Å². The fourth-order valence-electron chi connectivity index (χ4n) is 1.62. The molecular formula is C11H12N2O3. The molecule has 0 bridgehead atoms. The third kappa shape index (κ3) is 1.60. The first-order valence-corrected chi connectivity index (χ1v) is 4.96. The van der Waals surface area contributed by atoms with Gasteiger partial charge in [-0.1, -0.05) is 6.07 Å². The number of hydrogen-bond donors (Lipinski definition) is 0. The Bertz CT molecular complexity index is 519. The minimum absolute atomic E-state index is 0.405. The number of nitrogens with zero attached hydrogens (tertiary/aromatic N) is 2. The highest BCUT2D eigenvalue weighted by molar-refractivity contribution is 5.84. The maximum atomic E-state index is 10.4. The average molecular weight is 220 g/mol.